The van der Waals surface area contributed by atoms with Crippen molar-refractivity contribution in [2.75, 3.05) is 30.5 Å². The highest BCUT2D eigenvalue weighted by atomic mass is 15.5. The largest absolute Gasteiger partial charge is 0.385 e. The van der Waals surface area contributed by atoms with Gasteiger partial charge in [-0.05, 0) is 29.8 Å². The van der Waals surface area contributed by atoms with E-state index in [0.717, 1.165) is 12.2 Å². The number of hydrazone groups is 1. The number of nitrogens with zero attached hydrogens (tertiary/aromatic N) is 3. The summed E-state index contributed by atoms with van der Waals surface area (Å²) < 4.78 is 0. The minimum atomic E-state index is 0.144. The molecular weight excluding hydrogens is 260 g/mol. The van der Waals surface area contributed by atoms with Crippen molar-refractivity contribution in [1.29, 1.82) is 0 Å². The molecule has 1 heterocycles. The van der Waals surface area contributed by atoms with Crippen LogP contribution in [0.1, 0.15) is 11.5 Å². The van der Waals surface area contributed by atoms with Crippen molar-refractivity contribution < 1.29 is 0 Å². The molecule has 2 aromatic rings. The van der Waals surface area contributed by atoms with Gasteiger partial charge < -0.3 is 10.6 Å². The lowest BCUT2D eigenvalue weighted by Crippen LogP contribution is -2.22. The molecule has 0 aliphatic carbocycles. The number of anilines is 2. The van der Waals surface area contributed by atoms with Gasteiger partial charge in [-0.2, -0.15) is 5.10 Å². The Balaban J connectivity index is 1.85. The SMILES string of the molecule is CN(C)c1cccc(C2CN(c3ccccc3)N=C2N)c1. The van der Waals surface area contributed by atoms with Crippen LogP contribution >= 0.6 is 0 Å². The van der Waals surface area contributed by atoms with Crippen molar-refractivity contribution in [3.63, 3.8) is 0 Å². The molecule has 4 heteroatoms. The standard InChI is InChI=1S/C17H20N4/c1-20(2)15-10-6-7-13(11-15)16-12-21(19-17(16)18)14-8-4-3-5-9-14/h3-11,16H,12H2,1-2H3,(H2,18,19). The van der Waals surface area contributed by atoms with Gasteiger partial charge in [-0.1, -0.05) is 30.3 Å². The highest BCUT2D eigenvalue weighted by molar-refractivity contribution is 5.91. The average Bonchev–Trinajstić information content (AvgIpc) is 2.90. The van der Waals surface area contributed by atoms with E-state index >= 15 is 0 Å². The third kappa shape index (κ3) is 2.70. The fraction of sp³-hybridized carbons (Fsp3) is 0.235. The first kappa shape index (κ1) is 13.5. The van der Waals surface area contributed by atoms with E-state index in [1.165, 1.54) is 11.3 Å². The summed E-state index contributed by atoms with van der Waals surface area (Å²) in [5.74, 6) is 0.819. The third-order valence-electron chi connectivity index (χ3n) is 3.79. The molecule has 0 saturated heterocycles. The summed E-state index contributed by atoms with van der Waals surface area (Å²) >= 11 is 0. The van der Waals surface area contributed by atoms with Gasteiger partial charge in [0.1, 0.15) is 5.84 Å². The minimum Gasteiger partial charge on any atom is -0.385 e. The number of benzene rings is 2. The molecule has 0 amide bonds. The zero-order valence-corrected chi connectivity index (χ0v) is 12.4. The Hall–Kier alpha value is -2.49. The Morgan fingerprint density at radius 1 is 1.10 bits per heavy atom. The molecule has 1 unspecified atom stereocenters. The summed E-state index contributed by atoms with van der Waals surface area (Å²) in [6.45, 7) is 0.784. The van der Waals surface area contributed by atoms with Crippen molar-refractivity contribution in [1.82, 2.24) is 0 Å². The average molecular weight is 280 g/mol. The molecule has 2 N–H and O–H groups in total. The van der Waals surface area contributed by atoms with Crippen LogP contribution in [0.5, 0.6) is 0 Å². The quantitative estimate of drug-likeness (QED) is 0.940. The lowest BCUT2D eigenvalue weighted by molar-refractivity contribution is 0.849. The minimum absolute atomic E-state index is 0.144. The van der Waals surface area contributed by atoms with Gasteiger partial charge in [0.2, 0.25) is 0 Å². The fourth-order valence-electron chi connectivity index (χ4n) is 2.58. The van der Waals surface area contributed by atoms with E-state index < -0.39 is 0 Å². The molecule has 21 heavy (non-hydrogen) atoms. The van der Waals surface area contributed by atoms with Crippen LogP contribution < -0.4 is 15.6 Å². The van der Waals surface area contributed by atoms with E-state index in [4.69, 9.17) is 5.73 Å². The van der Waals surface area contributed by atoms with Crippen molar-refractivity contribution in [3.8, 4) is 0 Å². The predicted octanol–water partition coefficient (Wildman–Crippen LogP) is 2.63. The van der Waals surface area contributed by atoms with E-state index in [-0.39, 0.29) is 5.92 Å². The molecule has 0 radical (unpaired) electrons. The second-order valence-corrected chi connectivity index (χ2v) is 5.48. The van der Waals surface area contributed by atoms with Gasteiger partial charge in [-0.3, -0.25) is 5.01 Å². The number of hydrogen-bond acceptors (Lipinski definition) is 4. The van der Waals surface area contributed by atoms with Gasteiger partial charge in [-0.25, -0.2) is 0 Å². The zero-order valence-electron chi connectivity index (χ0n) is 12.4. The van der Waals surface area contributed by atoms with Crippen molar-refractivity contribution in [2.45, 2.75) is 5.92 Å². The molecule has 3 rings (SSSR count). The summed E-state index contributed by atoms with van der Waals surface area (Å²) in [7, 11) is 4.09. The smallest absolute Gasteiger partial charge is 0.129 e. The predicted molar refractivity (Wildman–Crippen MR) is 88.9 cm³/mol. The second kappa shape index (κ2) is 5.48. The van der Waals surface area contributed by atoms with Gasteiger partial charge in [0, 0.05) is 19.8 Å². The molecule has 0 aromatic heterocycles. The van der Waals surface area contributed by atoms with E-state index in [0.29, 0.717) is 5.84 Å². The highest BCUT2D eigenvalue weighted by Gasteiger charge is 2.27. The Labute approximate surface area is 125 Å². The summed E-state index contributed by atoms with van der Waals surface area (Å²) in [5.41, 5.74) is 9.62. The molecular formula is C17H20N4. The zero-order chi connectivity index (χ0) is 14.8. The Morgan fingerprint density at radius 3 is 2.57 bits per heavy atom. The first-order chi connectivity index (χ1) is 10.1. The molecule has 1 atom stereocenters. The first-order valence-electron chi connectivity index (χ1n) is 7.09. The Morgan fingerprint density at radius 2 is 1.86 bits per heavy atom. The lowest BCUT2D eigenvalue weighted by Gasteiger charge is -2.18. The monoisotopic (exact) mass is 280 g/mol. The maximum Gasteiger partial charge on any atom is 0.129 e. The molecule has 0 bridgehead atoms. The van der Waals surface area contributed by atoms with E-state index in [1.54, 1.807) is 0 Å². The fourth-order valence-corrected chi connectivity index (χ4v) is 2.58. The topological polar surface area (TPSA) is 44.9 Å². The van der Waals surface area contributed by atoms with E-state index in [1.807, 2.05) is 37.3 Å². The van der Waals surface area contributed by atoms with Gasteiger partial charge in [0.25, 0.3) is 0 Å². The maximum absolute atomic E-state index is 6.16. The third-order valence-corrected chi connectivity index (χ3v) is 3.79. The van der Waals surface area contributed by atoms with E-state index in [2.05, 4.69) is 46.4 Å². The number of amidine groups is 1. The van der Waals surface area contributed by atoms with Crippen LogP contribution in [-0.4, -0.2) is 26.5 Å². The molecule has 0 fully saturated rings. The molecule has 0 spiro atoms. The van der Waals surface area contributed by atoms with Gasteiger partial charge in [0.05, 0.1) is 18.2 Å². The lowest BCUT2D eigenvalue weighted by atomic mass is 9.98. The maximum atomic E-state index is 6.16. The Bertz CT molecular complexity index is 649. The van der Waals surface area contributed by atoms with E-state index in [9.17, 15) is 0 Å². The molecule has 1 aliphatic rings. The normalized spacial score (nSPS) is 17.7. The van der Waals surface area contributed by atoms with Gasteiger partial charge in [-0.15, -0.1) is 0 Å². The van der Waals surface area contributed by atoms with Crippen LogP contribution in [0.15, 0.2) is 59.7 Å². The Kier molecular flexibility index (Phi) is 3.52. The summed E-state index contributed by atoms with van der Waals surface area (Å²) in [4.78, 5) is 2.10. The van der Waals surface area contributed by atoms with Crippen LogP contribution in [0.3, 0.4) is 0 Å². The second-order valence-electron chi connectivity index (χ2n) is 5.48. The van der Waals surface area contributed by atoms with Crippen molar-refractivity contribution in [3.05, 3.63) is 60.2 Å². The van der Waals surface area contributed by atoms with Crippen LogP contribution in [0.25, 0.3) is 0 Å². The van der Waals surface area contributed by atoms with Crippen LogP contribution in [-0.2, 0) is 0 Å². The molecule has 1 aliphatic heterocycles. The number of hydrogen-bond donors (Lipinski definition) is 1. The summed E-state index contributed by atoms with van der Waals surface area (Å²) in [6.07, 6.45) is 0. The molecule has 4 nitrogen and oxygen atoms in total. The van der Waals surface area contributed by atoms with Crippen molar-refractivity contribution in [2.24, 2.45) is 10.8 Å². The van der Waals surface area contributed by atoms with Crippen molar-refractivity contribution >= 4 is 17.2 Å². The number of para-hydroxylation sites is 1. The summed E-state index contributed by atoms with van der Waals surface area (Å²) in [5, 5.41) is 6.48. The van der Waals surface area contributed by atoms with Gasteiger partial charge >= 0.3 is 0 Å². The molecule has 0 saturated carbocycles. The number of nitrogens with two attached hydrogens (primary N) is 1. The van der Waals surface area contributed by atoms with Crippen LogP contribution in [0.2, 0.25) is 0 Å². The molecule has 2 aromatic carbocycles. The van der Waals surface area contributed by atoms with Gasteiger partial charge in [0.15, 0.2) is 0 Å². The van der Waals surface area contributed by atoms with Crippen LogP contribution in [0, 0.1) is 0 Å². The summed E-state index contributed by atoms with van der Waals surface area (Å²) in [6, 6.07) is 18.6. The van der Waals surface area contributed by atoms with Crippen LogP contribution in [0.4, 0.5) is 11.4 Å². The highest BCUT2D eigenvalue weighted by Crippen LogP contribution is 2.29. The molecule has 108 valence electrons. The first-order valence-corrected chi connectivity index (χ1v) is 7.09. The number of rotatable bonds is 3.